The number of rotatable bonds is 1. The molecule has 2 heterocycles. The minimum absolute atomic E-state index is 0.189. The molecular weight excluding hydrogens is 186 g/mol. The topological polar surface area (TPSA) is 38.3 Å². The maximum absolute atomic E-state index is 11.0. The Hall–Kier alpha value is -0.380. The van der Waals surface area contributed by atoms with Crippen molar-refractivity contribution >= 4 is 17.9 Å². The fourth-order valence-electron chi connectivity index (χ4n) is 1.97. The highest BCUT2D eigenvalue weighted by Gasteiger charge is 2.29. The van der Waals surface area contributed by atoms with Gasteiger partial charge in [0.05, 0.1) is 0 Å². The molecule has 0 spiro atoms. The number of hydrogen-bond acceptors (Lipinski definition) is 3. The monoisotopic (exact) mass is 201 g/mol. The molecule has 1 unspecified atom stereocenters. The lowest BCUT2D eigenvalue weighted by molar-refractivity contribution is 0.0360. The third-order valence-corrected chi connectivity index (χ3v) is 3.80. The van der Waals surface area contributed by atoms with E-state index in [2.05, 4.69) is 5.32 Å². The van der Waals surface area contributed by atoms with E-state index in [1.165, 1.54) is 24.3 Å². The molecule has 0 bridgehead atoms. The molecule has 0 radical (unpaired) electrons. The second kappa shape index (κ2) is 4.22. The second-order valence-corrected chi connectivity index (χ2v) is 4.83. The smallest absolute Gasteiger partial charge is 0.407 e. The highest BCUT2D eigenvalue weighted by molar-refractivity contribution is 7.99. The summed E-state index contributed by atoms with van der Waals surface area (Å²) in [5, 5.41) is 2.68. The maximum Gasteiger partial charge on any atom is 0.407 e. The van der Waals surface area contributed by atoms with E-state index in [-0.39, 0.29) is 12.2 Å². The summed E-state index contributed by atoms with van der Waals surface area (Å²) in [4.78, 5) is 11.0. The predicted molar refractivity (Wildman–Crippen MR) is 52.9 cm³/mol. The van der Waals surface area contributed by atoms with Gasteiger partial charge in [-0.15, -0.1) is 0 Å². The molecule has 2 aliphatic heterocycles. The molecule has 13 heavy (non-hydrogen) atoms. The zero-order chi connectivity index (χ0) is 9.10. The van der Waals surface area contributed by atoms with Crippen molar-refractivity contribution in [3.8, 4) is 0 Å². The summed E-state index contributed by atoms with van der Waals surface area (Å²) >= 11 is 2.01. The Morgan fingerprint density at radius 3 is 2.77 bits per heavy atom. The number of amides is 1. The van der Waals surface area contributed by atoms with E-state index in [0.717, 1.165) is 13.0 Å². The summed E-state index contributed by atoms with van der Waals surface area (Å²) in [6, 6.07) is 0. The van der Waals surface area contributed by atoms with Crippen LogP contribution in [0, 0.1) is 5.92 Å². The van der Waals surface area contributed by atoms with Crippen molar-refractivity contribution in [3.63, 3.8) is 0 Å². The van der Waals surface area contributed by atoms with E-state index in [1.54, 1.807) is 0 Å². The van der Waals surface area contributed by atoms with Gasteiger partial charge in [-0.3, -0.25) is 0 Å². The van der Waals surface area contributed by atoms with Crippen LogP contribution in [0.15, 0.2) is 0 Å². The third kappa shape index (κ3) is 2.30. The van der Waals surface area contributed by atoms with Gasteiger partial charge in [0, 0.05) is 13.0 Å². The Balaban J connectivity index is 1.87. The van der Waals surface area contributed by atoms with Crippen molar-refractivity contribution in [2.45, 2.75) is 25.4 Å². The van der Waals surface area contributed by atoms with Crippen LogP contribution in [0.4, 0.5) is 4.79 Å². The molecule has 4 heteroatoms. The van der Waals surface area contributed by atoms with Gasteiger partial charge in [-0.1, -0.05) is 0 Å². The van der Waals surface area contributed by atoms with Gasteiger partial charge in [-0.2, -0.15) is 11.8 Å². The van der Waals surface area contributed by atoms with Gasteiger partial charge >= 0.3 is 6.09 Å². The van der Waals surface area contributed by atoms with Crippen LogP contribution in [0.25, 0.3) is 0 Å². The first-order chi connectivity index (χ1) is 6.36. The SMILES string of the molecule is O=C1NCCC(C2CCSCC2)O1. The lowest BCUT2D eigenvalue weighted by Gasteiger charge is -2.32. The van der Waals surface area contributed by atoms with Crippen LogP contribution in [0.5, 0.6) is 0 Å². The number of alkyl carbamates (subject to hydrolysis) is 1. The van der Waals surface area contributed by atoms with Crippen LogP contribution >= 0.6 is 11.8 Å². The minimum atomic E-state index is -0.227. The van der Waals surface area contributed by atoms with Gasteiger partial charge in [-0.25, -0.2) is 4.79 Å². The molecule has 0 aromatic rings. The van der Waals surface area contributed by atoms with E-state index in [1.807, 2.05) is 11.8 Å². The number of carbonyl (C=O) groups excluding carboxylic acids is 1. The number of nitrogens with one attached hydrogen (secondary N) is 1. The molecule has 1 atom stereocenters. The molecule has 0 saturated carbocycles. The van der Waals surface area contributed by atoms with Crippen LogP contribution < -0.4 is 5.32 Å². The number of carbonyl (C=O) groups is 1. The van der Waals surface area contributed by atoms with E-state index >= 15 is 0 Å². The Bertz CT molecular complexity index is 192. The van der Waals surface area contributed by atoms with Crippen molar-refractivity contribution < 1.29 is 9.53 Å². The number of thioether (sulfide) groups is 1. The highest BCUT2D eigenvalue weighted by Crippen LogP contribution is 2.29. The molecule has 2 rings (SSSR count). The van der Waals surface area contributed by atoms with E-state index < -0.39 is 0 Å². The Kier molecular flexibility index (Phi) is 2.98. The fourth-order valence-corrected chi connectivity index (χ4v) is 3.12. The Morgan fingerprint density at radius 2 is 2.08 bits per heavy atom. The molecule has 1 N–H and O–H groups in total. The fraction of sp³-hybridized carbons (Fsp3) is 0.889. The first-order valence-electron chi connectivity index (χ1n) is 4.88. The number of hydrogen-bond donors (Lipinski definition) is 1. The van der Waals surface area contributed by atoms with Crippen LogP contribution in [0.2, 0.25) is 0 Å². The van der Waals surface area contributed by atoms with Gasteiger partial charge in [0.1, 0.15) is 6.10 Å². The molecule has 0 aromatic heterocycles. The number of cyclic esters (lactones) is 1. The average Bonchev–Trinajstić information content (AvgIpc) is 2.19. The first-order valence-corrected chi connectivity index (χ1v) is 6.04. The van der Waals surface area contributed by atoms with E-state index in [4.69, 9.17) is 4.74 Å². The van der Waals surface area contributed by atoms with Crippen molar-refractivity contribution in [1.29, 1.82) is 0 Å². The summed E-state index contributed by atoms with van der Waals surface area (Å²) in [5.41, 5.74) is 0. The molecule has 2 fully saturated rings. The summed E-state index contributed by atoms with van der Waals surface area (Å²) in [6.45, 7) is 0.785. The third-order valence-electron chi connectivity index (χ3n) is 2.75. The van der Waals surface area contributed by atoms with Crippen LogP contribution in [-0.2, 0) is 4.74 Å². The van der Waals surface area contributed by atoms with Gasteiger partial charge in [0.2, 0.25) is 0 Å². The highest BCUT2D eigenvalue weighted by atomic mass is 32.2. The predicted octanol–water partition coefficient (Wildman–Crippen LogP) is 1.63. The molecule has 2 saturated heterocycles. The first kappa shape index (κ1) is 9.19. The van der Waals surface area contributed by atoms with E-state index in [9.17, 15) is 4.79 Å². The van der Waals surface area contributed by atoms with Gasteiger partial charge in [-0.05, 0) is 30.3 Å². The molecule has 2 aliphatic rings. The molecule has 0 aromatic carbocycles. The zero-order valence-electron chi connectivity index (χ0n) is 7.62. The standard InChI is InChI=1S/C9H15NO2S/c11-9-10-4-1-8(12-9)7-2-5-13-6-3-7/h7-8H,1-6H2,(H,10,11). The molecule has 74 valence electrons. The lowest BCUT2D eigenvalue weighted by Crippen LogP contribution is -2.42. The van der Waals surface area contributed by atoms with Gasteiger partial charge in [0.25, 0.3) is 0 Å². The minimum Gasteiger partial charge on any atom is -0.446 e. The average molecular weight is 201 g/mol. The summed E-state index contributed by atoms with van der Waals surface area (Å²) < 4.78 is 5.27. The van der Waals surface area contributed by atoms with Crippen molar-refractivity contribution in [1.82, 2.24) is 5.32 Å². The van der Waals surface area contributed by atoms with Crippen LogP contribution in [0.3, 0.4) is 0 Å². The second-order valence-electron chi connectivity index (χ2n) is 3.61. The summed E-state index contributed by atoms with van der Waals surface area (Å²) in [5.74, 6) is 3.07. The molecular formula is C9H15NO2S. The largest absolute Gasteiger partial charge is 0.446 e. The van der Waals surface area contributed by atoms with Gasteiger partial charge < -0.3 is 10.1 Å². The van der Waals surface area contributed by atoms with Crippen molar-refractivity contribution in [2.75, 3.05) is 18.1 Å². The summed E-state index contributed by atoms with van der Waals surface area (Å²) in [6.07, 6.45) is 3.37. The maximum atomic E-state index is 11.0. The molecule has 0 aliphatic carbocycles. The van der Waals surface area contributed by atoms with E-state index in [0.29, 0.717) is 5.92 Å². The zero-order valence-corrected chi connectivity index (χ0v) is 8.44. The quantitative estimate of drug-likeness (QED) is 0.700. The summed E-state index contributed by atoms with van der Waals surface area (Å²) in [7, 11) is 0. The van der Waals surface area contributed by atoms with Crippen LogP contribution in [-0.4, -0.2) is 30.2 Å². The van der Waals surface area contributed by atoms with Gasteiger partial charge in [0.15, 0.2) is 0 Å². The normalized spacial score (nSPS) is 30.8. The van der Waals surface area contributed by atoms with Crippen LogP contribution in [0.1, 0.15) is 19.3 Å². The molecule has 3 nitrogen and oxygen atoms in total. The Labute approximate surface area is 82.6 Å². The molecule has 1 amide bonds. The van der Waals surface area contributed by atoms with Crippen molar-refractivity contribution in [3.05, 3.63) is 0 Å². The lowest BCUT2D eigenvalue weighted by atomic mass is 9.93. The van der Waals surface area contributed by atoms with Crippen molar-refractivity contribution in [2.24, 2.45) is 5.92 Å². The Morgan fingerprint density at radius 1 is 1.31 bits per heavy atom. The number of ether oxygens (including phenoxy) is 1.